The SMILES string of the molecule is CCCCCCCCCCC(CC)([NH+](C)C)S(=O)(=O)[O-]. The average Bonchev–Trinajstić information content (AvgIpc) is 2.35. The lowest BCUT2D eigenvalue weighted by atomic mass is 10.0. The van der Waals surface area contributed by atoms with Gasteiger partial charge in [0.2, 0.25) is 0 Å². The van der Waals surface area contributed by atoms with Gasteiger partial charge in [-0.15, -0.1) is 0 Å². The van der Waals surface area contributed by atoms with E-state index < -0.39 is 15.0 Å². The standard InChI is InChI=1S/C15H33NO3S/c1-5-7-8-9-10-11-12-13-14-15(6-2,16(3)4)20(17,18)19/h5-14H2,1-4H3,(H,17,18,19). The monoisotopic (exact) mass is 307 g/mol. The summed E-state index contributed by atoms with van der Waals surface area (Å²) >= 11 is 0. The largest absolute Gasteiger partial charge is 0.743 e. The Hall–Kier alpha value is -0.130. The second-order valence-corrected chi connectivity index (χ2v) is 7.72. The highest BCUT2D eigenvalue weighted by molar-refractivity contribution is 7.86. The third-order valence-corrected chi connectivity index (χ3v) is 6.25. The predicted molar refractivity (Wildman–Crippen MR) is 82.8 cm³/mol. The Morgan fingerprint density at radius 1 is 0.900 bits per heavy atom. The Balaban J connectivity index is 4.12. The minimum absolute atomic E-state index is 0.387. The molecule has 0 aliphatic carbocycles. The zero-order valence-corrected chi connectivity index (χ0v) is 14.5. The van der Waals surface area contributed by atoms with Gasteiger partial charge in [0.05, 0.1) is 14.1 Å². The summed E-state index contributed by atoms with van der Waals surface area (Å²) in [7, 11) is -0.733. The molecule has 0 aromatic heterocycles. The fourth-order valence-corrected chi connectivity index (χ4v) is 4.12. The third-order valence-electron chi connectivity index (χ3n) is 4.40. The number of rotatable bonds is 12. The van der Waals surface area contributed by atoms with E-state index in [2.05, 4.69) is 6.92 Å². The summed E-state index contributed by atoms with van der Waals surface area (Å²) in [5, 5.41) is 0. The van der Waals surface area contributed by atoms with E-state index in [1.54, 1.807) is 21.0 Å². The lowest BCUT2D eigenvalue weighted by Crippen LogP contribution is -3.16. The van der Waals surface area contributed by atoms with E-state index in [9.17, 15) is 13.0 Å². The normalized spacial score (nSPS) is 15.5. The van der Waals surface area contributed by atoms with Crippen molar-refractivity contribution in [1.82, 2.24) is 0 Å². The zero-order valence-electron chi connectivity index (χ0n) is 13.7. The second-order valence-electron chi connectivity index (χ2n) is 6.03. The van der Waals surface area contributed by atoms with Gasteiger partial charge in [0.25, 0.3) is 0 Å². The predicted octanol–water partition coefficient (Wildman–Crippen LogP) is 2.31. The third kappa shape index (κ3) is 6.10. The number of hydrogen-bond acceptors (Lipinski definition) is 3. The molecule has 1 N–H and O–H groups in total. The maximum Gasteiger partial charge on any atom is 0.186 e. The number of quaternary nitrogens is 1. The molecule has 0 radical (unpaired) electrons. The van der Waals surface area contributed by atoms with Crippen LogP contribution in [-0.2, 0) is 10.1 Å². The van der Waals surface area contributed by atoms with Gasteiger partial charge in [-0.3, -0.25) is 0 Å². The highest BCUT2D eigenvalue weighted by Crippen LogP contribution is 2.22. The van der Waals surface area contributed by atoms with Gasteiger partial charge in [0.15, 0.2) is 15.0 Å². The lowest BCUT2D eigenvalue weighted by molar-refractivity contribution is -0.899. The molecule has 5 heteroatoms. The first-order valence-corrected chi connectivity index (χ1v) is 9.48. The zero-order chi connectivity index (χ0) is 15.6. The smallest absolute Gasteiger partial charge is 0.186 e. The van der Waals surface area contributed by atoms with Gasteiger partial charge in [-0.25, -0.2) is 8.42 Å². The summed E-state index contributed by atoms with van der Waals surface area (Å²) in [6.07, 6.45) is 10.2. The molecule has 0 heterocycles. The van der Waals surface area contributed by atoms with Crippen LogP contribution in [0.1, 0.15) is 78.1 Å². The van der Waals surface area contributed by atoms with Gasteiger partial charge in [0.1, 0.15) is 0 Å². The summed E-state index contributed by atoms with van der Waals surface area (Å²) < 4.78 is 34.8. The summed E-state index contributed by atoms with van der Waals surface area (Å²) in [5.74, 6) is 0. The van der Waals surface area contributed by atoms with Gasteiger partial charge < -0.3 is 9.45 Å². The molecular formula is C15H33NO3S. The van der Waals surface area contributed by atoms with Gasteiger partial charge in [-0.1, -0.05) is 58.8 Å². The van der Waals surface area contributed by atoms with Crippen molar-refractivity contribution in [1.29, 1.82) is 0 Å². The van der Waals surface area contributed by atoms with E-state index in [4.69, 9.17) is 0 Å². The fraction of sp³-hybridized carbons (Fsp3) is 1.00. The number of hydrogen-bond donors (Lipinski definition) is 1. The minimum atomic E-state index is -4.27. The van der Waals surface area contributed by atoms with Crippen LogP contribution in [0, 0.1) is 0 Å². The summed E-state index contributed by atoms with van der Waals surface area (Å²) in [6.45, 7) is 4.00. The molecular weight excluding hydrogens is 274 g/mol. The maximum atomic E-state index is 11.6. The van der Waals surface area contributed by atoms with Gasteiger partial charge >= 0.3 is 0 Å². The topological polar surface area (TPSA) is 61.6 Å². The maximum absolute atomic E-state index is 11.6. The number of unbranched alkanes of at least 4 members (excludes halogenated alkanes) is 7. The Bertz CT molecular complexity index is 341. The highest BCUT2D eigenvalue weighted by atomic mass is 32.2. The molecule has 122 valence electrons. The van der Waals surface area contributed by atoms with Crippen LogP contribution in [0.5, 0.6) is 0 Å². The molecule has 0 fully saturated rings. The van der Waals surface area contributed by atoms with Crippen molar-refractivity contribution < 1.29 is 17.9 Å². The van der Waals surface area contributed by atoms with Crippen LogP contribution >= 0.6 is 0 Å². The van der Waals surface area contributed by atoms with Crippen LogP contribution < -0.4 is 4.90 Å². The van der Waals surface area contributed by atoms with E-state index in [-0.39, 0.29) is 0 Å². The first-order valence-electron chi connectivity index (χ1n) is 8.08. The van der Waals surface area contributed by atoms with Gasteiger partial charge in [-0.2, -0.15) is 0 Å². The second kappa shape index (κ2) is 9.74. The van der Waals surface area contributed by atoms with Gasteiger partial charge in [-0.05, 0) is 6.42 Å². The van der Waals surface area contributed by atoms with Crippen molar-refractivity contribution in [3.8, 4) is 0 Å². The fourth-order valence-electron chi connectivity index (χ4n) is 2.88. The molecule has 4 nitrogen and oxygen atoms in total. The first kappa shape index (κ1) is 19.9. The van der Waals surface area contributed by atoms with E-state index in [0.29, 0.717) is 12.8 Å². The Morgan fingerprint density at radius 3 is 1.70 bits per heavy atom. The van der Waals surface area contributed by atoms with Crippen molar-refractivity contribution in [3.63, 3.8) is 0 Å². The van der Waals surface area contributed by atoms with E-state index in [1.165, 1.54) is 32.1 Å². The van der Waals surface area contributed by atoms with Crippen LogP contribution in [0.3, 0.4) is 0 Å². The summed E-state index contributed by atoms with van der Waals surface area (Å²) in [5.41, 5.74) is 0. The molecule has 0 aromatic carbocycles. The van der Waals surface area contributed by atoms with Crippen LogP contribution in [0.25, 0.3) is 0 Å². The van der Waals surface area contributed by atoms with Crippen LogP contribution in [0.4, 0.5) is 0 Å². The van der Waals surface area contributed by atoms with E-state index in [1.807, 2.05) is 0 Å². The molecule has 20 heavy (non-hydrogen) atoms. The molecule has 0 aliphatic heterocycles. The van der Waals surface area contributed by atoms with Gasteiger partial charge in [0, 0.05) is 12.8 Å². The molecule has 0 spiro atoms. The minimum Gasteiger partial charge on any atom is -0.743 e. The quantitative estimate of drug-likeness (QED) is 0.444. The Kier molecular flexibility index (Phi) is 9.68. The average molecular weight is 308 g/mol. The highest BCUT2D eigenvalue weighted by Gasteiger charge is 2.41. The van der Waals surface area contributed by atoms with Crippen molar-refractivity contribution in [2.45, 2.75) is 82.9 Å². The van der Waals surface area contributed by atoms with Crippen LogP contribution in [-0.4, -0.2) is 31.9 Å². The van der Waals surface area contributed by atoms with E-state index >= 15 is 0 Å². The van der Waals surface area contributed by atoms with Crippen molar-refractivity contribution in [2.24, 2.45) is 0 Å². The van der Waals surface area contributed by atoms with Crippen molar-refractivity contribution >= 4 is 10.1 Å². The molecule has 0 aliphatic rings. The summed E-state index contributed by atoms with van der Waals surface area (Å²) in [6, 6.07) is 0. The van der Waals surface area contributed by atoms with Crippen LogP contribution in [0.15, 0.2) is 0 Å². The molecule has 1 unspecified atom stereocenters. The lowest BCUT2D eigenvalue weighted by Gasteiger charge is -2.37. The molecule has 0 rings (SSSR count). The molecule has 0 saturated carbocycles. The van der Waals surface area contributed by atoms with Crippen LogP contribution in [0.2, 0.25) is 0 Å². The first-order chi connectivity index (χ1) is 9.31. The molecule has 1 atom stereocenters. The molecule has 0 saturated heterocycles. The van der Waals surface area contributed by atoms with Crippen molar-refractivity contribution in [2.75, 3.05) is 14.1 Å². The number of nitrogens with one attached hydrogen (secondary N) is 1. The molecule has 0 aromatic rings. The molecule has 0 bridgehead atoms. The van der Waals surface area contributed by atoms with Crippen molar-refractivity contribution in [3.05, 3.63) is 0 Å². The molecule has 0 amide bonds. The summed E-state index contributed by atoms with van der Waals surface area (Å²) in [4.78, 5) is -0.409. The Morgan fingerprint density at radius 2 is 1.35 bits per heavy atom. The Labute approximate surface area is 125 Å². The van der Waals surface area contributed by atoms with E-state index in [0.717, 1.165) is 24.2 Å².